The molecule has 98 valence electrons. The third kappa shape index (κ3) is 3.17. The number of alkyl halides is 1. The SMILES string of the molecule is CC[C@@H](C)CC(=O)N1CC[C@@](F)(C(=O)OC)C1. The quantitative estimate of drug-likeness (QED) is 0.706. The Labute approximate surface area is 101 Å². The zero-order chi connectivity index (χ0) is 13.1. The van der Waals surface area contributed by atoms with Gasteiger partial charge in [0.1, 0.15) is 0 Å². The first kappa shape index (κ1) is 13.9. The number of methoxy groups -OCH3 is 1. The van der Waals surface area contributed by atoms with Crippen LogP contribution in [0.2, 0.25) is 0 Å². The van der Waals surface area contributed by atoms with Gasteiger partial charge in [-0.15, -0.1) is 0 Å². The summed E-state index contributed by atoms with van der Waals surface area (Å²) in [5, 5.41) is 0. The minimum atomic E-state index is -2.01. The molecule has 0 aliphatic carbocycles. The van der Waals surface area contributed by atoms with E-state index < -0.39 is 11.6 Å². The summed E-state index contributed by atoms with van der Waals surface area (Å²) < 4.78 is 18.5. The number of carbonyl (C=O) groups is 2. The van der Waals surface area contributed by atoms with Gasteiger partial charge in [-0.1, -0.05) is 20.3 Å². The highest BCUT2D eigenvalue weighted by Gasteiger charge is 2.47. The molecule has 1 saturated heterocycles. The Morgan fingerprint density at radius 3 is 2.71 bits per heavy atom. The van der Waals surface area contributed by atoms with E-state index in [2.05, 4.69) is 4.74 Å². The molecule has 1 heterocycles. The van der Waals surface area contributed by atoms with Crippen LogP contribution < -0.4 is 0 Å². The maximum Gasteiger partial charge on any atom is 0.345 e. The van der Waals surface area contributed by atoms with Crippen LogP contribution in [0.3, 0.4) is 0 Å². The van der Waals surface area contributed by atoms with Crippen molar-refractivity contribution in [2.45, 2.75) is 38.8 Å². The summed E-state index contributed by atoms with van der Waals surface area (Å²) in [6.45, 7) is 4.11. The normalized spacial score (nSPS) is 25.8. The molecule has 1 rings (SSSR count). The molecule has 1 aliphatic heterocycles. The second-order valence-electron chi connectivity index (χ2n) is 4.74. The van der Waals surface area contributed by atoms with Gasteiger partial charge in [0, 0.05) is 19.4 Å². The van der Waals surface area contributed by atoms with E-state index in [4.69, 9.17) is 0 Å². The van der Waals surface area contributed by atoms with Crippen molar-refractivity contribution >= 4 is 11.9 Å². The van der Waals surface area contributed by atoms with Crippen LogP contribution >= 0.6 is 0 Å². The lowest BCUT2D eigenvalue weighted by Crippen LogP contribution is -2.40. The number of carbonyl (C=O) groups excluding carboxylic acids is 2. The first-order chi connectivity index (χ1) is 7.92. The fourth-order valence-corrected chi connectivity index (χ4v) is 1.91. The molecule has 1 fully saturated rings. The number of likely N-dealkylation sites (tertiary alicyclic amines) is 1. The first-order valence-corrected chi connectivity index (χ1v) is 5.98. The molecule has 17 heavy (non-hydrogen) atoms. The van der Waals surface area contributed by atoms with Gasteiger partial charge in [0.25, 0.3) is 0 Å². The standard InChI is InChI=1S/C12H20FNO3/c1-4-9(2)7-10(15)14-6-5-12(13,8-14)11(16)17-3/h9H,4-8H2,1-3H3/t9-,12+/m1/s1. The van der Waals surface area contributed by atoms with Crippen LogP contribution in [0.15, 0.2) is 0 Å². The molecular weight excluding hydrogens is 225 g/mol. The Morgan fingerprint density at radius 1 is 1.53 bits per heavy atom. The number of amides is 1. The third-order valence-corrected chi connectivity index (χ3v) is 3.34. The maximum absolute atomic E-state index is 14.1. The van der Waals surface area contributed by atoms with Gasteiger partial charge in [-0.2, -0.15) is 0 Å². The third-order valence-electron chi connectivity index (χ3n) is 3.34. The van der Waals surface area contributed by atoms with Gasteiger partial charge in [-0.25, -0.2) is 9.18 Å². The fourth-order valence-electron chi connectivity index (χ4n) is 1.91. The number of halogens is 1. The summed E-state index contributed by atoms with van der Waals surface area (Å²) >= 11 is 0. The van der Waals surface area contributed by atoms with Crippen molar-refractivity contribution in [1.82, 2.24) is 4.90 Å². The van der Waals surface area contributed by atoms with Crippen LogP contribution in [-0.4, -0.2) is 42.6 Å². The molecular formula is C12H20FNO3. The summed E-state index contributed by atoms with van der Waals surface area (Å²) in [6, 6.07) is 0. The second kappa shape index (κ2) is 5.47. The molecule has 1 aliphatic rings. The van der Waals surface area contributed by atoms with Crippen LogP contribution in [0.25, 0.3) is 0 Å². The van der Waals surface area contributed by atoms with E-state index in [0.29, 0.717) is 13.0 Å². The largest absolute Gasteiger partial charge is 0.467 e. The molecule has 1 amide bonds. The van der Waals surface area contributed by atoms with Crippen LogP contribution in [0.1, 0.15) is 33.1 Å². The van der Waals surface area contributed by atoms with Crippen molar-refractivity contribution in [3.05, 3.63) is 0 Å². The summed E-state index contributed by atoms with van der Waals surface area (Å²) in [5.41, 5.74) is -2.01. The number of hydrogen-bond acceptors (Lipinski definition) is 3. The van der Waals surface area contributed by atoms with Crippen molar-refractivity contribution in [2.75, 3.05) is 20.2 Å². The Kier molecular flexibility index (Phi) is 4.48. The maximum atomic E-state index is 14.1. The van der Waals surface area contributed by atoms with Crippen LogP contribution in [0.4, 0.5) is 4.39 Å². The van der Waals surface area contributed by atoms with Gasteiger partial charge < -0.3 is 9.64 Å². The van der Waals surface area contributed by atoms with Gasteiger partial charge >= 0.3 is 5.97 Å². The summed E-state index contributed by atoms with van der Waals surface area (Å²) in [6.07, 6.45) is 1.36. The number of nitrogens with zero attached hydrogens (tertiary/aromatic N) is 1. The van der Waals surface area contributed by atoms with Crippen molar-refractivity contribution < 1.29 is 18.7 Å². The topological polar surface area (TPSA) is 46.6 Å². The minimum Gasteiger partial charge on any atom is -0.467 e. The van der Waals surface area contributed by atoms with Gasteiger partial charge in [0.2, 0.25) is 11.6 Å². The summed E-state index contributed by atoms with van der Waals surface area (Å²) in [5.74, 6) is -0.672. The smallest absolute Gasteiger partial charge is 0.345 e. The zero-order valence-electron chi connectivity index (χ0n) is 10.7. The number of ether oxygens (including phenoxy) is 1. The van der Waals surface area contributed by atoms with E-state index in [0.717, 1.165) is 13.5 Å². The number of hydrogen-bond donors (Lipinski definition) is 0. The Bertz CT molecular complexity index is 308. The van der Waals surface area contributed by atoms with Crippen molar-refractivity contribution in [2.24, 2.45) is 5.92 Å². The predicted octanol–water partition coefficient (Wildman–Crippen LogP) is 1.54. The first-order valence-electron chi connectivity index (χ1n) is 5.98. The lowest BCUT2D eigenvalue weighted by molar-refractivity contribution is -0.154. The molecule has 0 aromatic rings. The van der Waals surface area contributed by atoms with E-state index in [9.17, 15) is 14.0 Å². The minimum absolute atomic E-state index is 0.0337. The van der Waals surface area contributed by atoms with E-state index >= 15 is 0 Å². The molecule has 0 saturated carbocycles. The monoisotopic (exact) mass is 245 g/mol. The zero-order valence-corrected chi connectivity index (χ0v) is 10.7. The van der Waals surface area contributed by atoms with Crippen molar-refractivity contribution in [3.8, 4) is 0 Å². The molecule has 0 aromatic heterocycles. The summed E-state index contributed by atoms with van der Waals surface area (Å²) in [7, 11) is 1.16. The average Bonchev–Trinajstić information content (AvgIpc) is 2.72. The lowest BCUT2D eigenvalue weighted by atomic mass is 10.0. The van der Waals surface area contributed by atoms with E-state index in [1.807, 2.05) is 13.8 Å². The summed E-state index contributed by atoms with van der Waals surface area (Å²) in [4.78, 5) is 24.5. The van der Waals surface area contributed by atoms with Gasteiger partial charge in [-0.3, -0.25) is 4.79 Å². The molecule has 4 nitrogen and oxygen atoms in total. The van der Waals surface area contributed by atoms with Crippen molar-refractivity contribution in [3.63, 3.8) is 0 Å². The molecule has 0 radical (unpaired) electrons. The molecule has 0 spiro atoms. The fraction of sp³-hybridized carbons (Fsp3) is 0.833. The highest BCUT2D eigenvalue weighted by atomic mass is 19.1. The van der Waals surface area contributed by atoms with Gasteiger partial charge in [0.15, 0.2) is 0 Å². The van der Waals surface area contributed by atoms with E-state index in [1.54, 1.807) is 0 Å². The molecule has 0 unspecified atom stereocenters. The highest BCUT2D eigenvalue weighted by Crippen LogP contribution is 2.28. The number of esters is 1. The Balaban J connectivity index is 2.55. The van der Waals surface area contributed by atoms with Gasteiger partial charge in [0.05, 0.1) is 13.7 Å². The number of rotatable bonds is 4. The van der Waals surface area contributed by atoms with E-state index in [-0.39, 0.29) is 24.8 Å². The molecule has 5 heteroatoms. The Hall–Kier alpha value is -1.13. The van der Waals surface area contributed by atoms with E-state index in [1.165, 1.54) is 4.90 Å². The highest BCUT2D eigenvalue weighted by molar-refractivity contribution is 5.83. The second-order valence-corrected chi connectivity index (χ2v) is 4.74. The van der Waals surface area contributed by atoms with Crippen LogP contribution in [0.5, 0.6) is 0 Å². The average molecular weight is 245 g/mol. The van der Waals surface area contributed by atoms with Crippen LogP contribution in [0, 0.1) is 5.92 Å². The Morgan fingerprint density at radius 2 is 2.18 bits per heavy atom. The predicted molar refractivity (Wildman–Crippen MR) is 61.1 cm³/mol. The molecule has 2 atom stereocenters. The van der Waals surface area contributed by atoms with Crippen molar-refractivity contribution in [1.29, 1.82) is 0 Å². The molecule has 0 N–H and O–H groups in total. The lowest BCUT2D eigenvalue weighted by Gasteiger charge is -2.20. The van der Waals surface area contributed by atoms with Crippen LogP contribution in [-0.2, 0) is 14.3 Å². The molecule has 0 bridgehead atoms. The van der Waals surface area contributed by atoms with Gasteiger partial charge in [-0.05, 0) is 5.92 Å². The molecule has 0 aromatic carbocycles.